The lowest BCUT2D eigenvalue weighted by molar-refractivity contribution is -0.131. The molecule has 0 aliphatic rings. The molecule has 0 amide bonds. The smallest absolute Gasteiger partial charge is 0.328 e. The molecule has 0 unspecified atom stereocenters. The molecule has 0 spiro atoms. The highest BCUT2D eigenvalue weighted by Gasteiger charge is 2.28. The van der Waals surface area contributed by atoms with Crippen molar-refractivity contribution in [1.82, 2.24) is 15.0 Å². The van der Waals surface area contributed by atoms with Gasteiger partial charge in [-0.2, -0.15) is 0 Å². The molecule has 38 heavy (non-hydrogen) atoms. The van der Waals surface area contributed by atoms with Gasteiger partial charge in [0.25, 0.3) is 0 Å². The Kier molecular flexibility index (Phi) is 8.46. The van der Waals surface area contributed by atoms with Crippen LogP contribution in [0.25, 0.3) is 22.8 Å². The Labute approximate surface area is 222 Å². The molecule has 3 aromatic carbocycles. The van der Waals surface area contributed by atoms with Gasteiger partial charge < -0.3 is 20.1 Å². The number of aromatic nitrogens is 3. The first-order valence-corrected chi connectivity index (χ1v) is 12.2. The third-order valence-electron chi connectivity index (χ3n) is 5.85. The van der Waals surface area contributed by atoms with Crippen LogP contribution in [-0.4, -0.2) is 43.4 Å². The fourth-order valence-electron chi connectivity index (χ4n) is 4.47. The summed E-state index contributed by atoms with van der Waals surface area (Å²) in [7, 11) is 1.43. The number of methoxy groups -OCH3 is 1. The molecule has 0 fully saturated rings. The molecule has 4 aromatic rings. The van der Waals surface area contributed by atoms with Crippen molar-refractivity contribution in [2.24, 2.45) is 5.41 Å². The Hall–Kier alpha value is -4.33. The van der Waals surface area contributed by atoms with Crippen LogP contribution < -0.4 is 4.74 Å². The zero-order valence-electron chi connectivity index (χ0n) is 22.6. The third-order valence-corrected chi connectivity index (χ3v) is 5.85. The first-order chi connectivity index (χ1) is 17.8. The van der Waals surface area contributed by atoms with Crippen molar-refractivity contribution in [2.45, 2.75) is 46.5 Å². The molecule has 1 aromatic heterocycles. The second-order valence-electron chi connectivity index (χ2n) is 10.9. The molecule has 0 aliphatic heterocycles. The number of aliphatic carboxylic acids is 1. The van der Waals surface area contributed by atoms with E-state index in [1.54, 1.807) is 18.2 Å². The summed E-state index contributed by atoms with van der Waals surface area (Å²) in [6, 6.07) is 18.0. The second kappa shape index (κ2) is 11.4. The van der Waals surface area contributed by atoms with E-state index in [0.717, 1.165) is 23.5 Å². The van der Waals surface area contributed by atoms with E-state index >= 15 is 0 Å². The molecule has 200 valence electrons. The van der Waals surface area contributed by atoms with Crippen molar-refractivity contribution >= 4 is 23.1 Å². The van der Waals surface area contributed by atoms with E-state index < -0.39 is 5.97 Å². The maximum atomic E-state index is 10.3. The van der Waals surface area contributed by atoms with Crippen LogP contribution in [0.2, 0.25) is 0 Å². The predicted octanol–water partition coefficient (Wildman–Crippen LogP) is 6.34. The van der Waals surface area contributed by atoms with Gasteiger partial charge in [0.1, 0.15) is 22.5 Å². The normalized spacial score (nSPS) is 11.8. The van der Waals surface area contributed by atoms with Crippen molar-refractivity contribution in [3.05, 3.63) is 77.9 Å². The number of ether oxygens (including phenoxy) is 1. The van der Waals surface area contributed by atoms with Crippen LogP contribution in [-0.2, 0) is 10.2 Å². The maximum absolute atomic E-state index is 10.3. The second-order valence-corrected chi connectivity index (χ2v) is 10.9. The molecule has 0 aliphatic carbocycles. The standard InChI is InChI=1S/C20H25N3O.C10H10O4/c1-19(2,3)13-20(4,5)14-10-11-18(24)17(12-14)23-21-15-8-6-7-9-16(15)22-23;1-14-9-6-7(2-4-8(9)11)3-5-10(12)13/h6-12,24H,13H2,1-5H3;2-6,11H,1H3,(H,12,13)/b;5-3+. The average molecular weight is 518 g/mol. The van der Waals surface area contributed by atoms with Gasteiger partial charge in [0.05, 0.1) is 7.11 Å². The van der Waals surface area contributed by atoms with Gasteiger partial charge in [-0.15, -0.1) is 15.0 Å². The summed E-state index contributed by atoms with van der Waals surface area (Å²) in [5, 5.41) is 36.9. The minimum atomic E-state index is -1.02. The number of aromatic hydroxyl groups is 2. The Bertz CT molecular complexity index is 1420. The van der Waals surface area contributed by atoms with E-state index in [0.29, 0.717) is 17.0 Å². The number of fused-ring (bicyclic) bond motifs is 1. The largest absolute Gasteiger partial charge is 0.506 e. The monoisotopic (exact) mass is 517 g/mol. The summed E-state index contributed by atoms with van der Waals surface area (Å²) in [5.74, 6) is -0.486. The van der Waals surface area contributed by atoms with Crippen molar-refractivity contribution in [3.8, 4) is 22.9 Å². The van der Waals surface area contributed by atoms with Gasteiger partial charge in [-0.3, -0.25) is 0 Å². The zero-order valence-corrected chi connectivity index (χ0v) is 22.6. The fourth-order valence-corrected chi connectivity index (χ4v) is 4.47. The number of nitrogens with zero attached hydrogens (tertiary/aromatic N) is 3. The highest BCUT2D eigenvalue weighted by atomic mass is 16.5. The number of carbonyl (C=O) groups is 1. The van der Waals surface area contributed by atoms with Crippen LogP contribution in [0.15, 0.2) is 66.7 Å². The number of phenolic OH excluding ortho intramolecular Hbond substituents is 2. The fraction of sp³-hybridized carbons (Fsp3) is 0.300. The number of phenols is 2. The number of carboxylic acid groups (broad SMARTS) is 1. The van der Waals surface area contributed by atoms with Crippen LogP contribution >= 0.6 is 0 Å². The SMILES string of the molecule is CC(C)(C)CC(C)(C)c1ccc(O)c(-n2nc3ccccc3n2)c1.COc1cc(/C=C/C(=O)O)ccc1O. The van der Waals surface area contributed by atoms with E-state index in [1.807, 2.05) is 36.4 Å². The summed E-state index contributed by atoms with van der Waals surface area (Å²) < 4.78 is 4.86. The highest BCUT2D eigenvalue weighted by molar-refractivity contribution is 5.85. The van der Waals surface area contributed by atoms with E-state index in [9.17, 15) is 15.0 Å². The van der Waals surface area contributed by atoms with E-state index in [1.165, 1.54) is 29.6 Å². The molecule has 8 nitrogen and oxygen atoms in total. The van der Waals surface area contributed by atoms with Gasteiger partial charge in [-0.05, 0) is 70.9 Å². The number of hydrogen-bond donors (Lipinski definition) is 3. The molecule has 0 bridgehead atoms. The molecule has 3 N–H and O–H groups in total. The van der Waals surface area contributed by atoms with Crippen LogP contribution in [0.5, 0.6) is 17.2 Å². The van der Waals surface area contributed by atoms with E-state index in [4.69, 9.17) is 9.84 Å². The maximum Gasteiger partial charge on any atom is 0.328 e. The lowest BCUT2D eigenvalue weighted by atomic mass is 9.72. The number of benzene rings is 3. The zero-order chi connectivity index (χ0) is 28.1. The average Bonchev–Trinajstić information content (AvgIpc) is 3.26. The summed E-state index contributed by atoms with van der Waals surface area (Å²) in [4.78, 5) is 11.8. The van der Waals surface area contributed by atoms with Crippen molar-refractivity contribution in [3.63, 3.8) is 0 Å². The minimum absolute atomic E-state index is 0.00667. The van der Waals surface area contributed by atoms with Gasteiger partial charge >= 0.3 is 5.97 Å². The molecule has 8 heteroatoms. The lowest BCUT2D eigenvalue weighted by Gasteiger charge is -2.33. The molecular weight excluding hydrogens is 482 g/mol. The predicted molar refractivity (Wildman–Crippen MR) is 149 cm³/mol. The van der Waals surface area contributed by atoms with Crippen molar-refractivity contribution in [1.29, 1.82) is 0 Å². The highest BCUT2D eigenvalue weighted by Crippen LogP contribution is 2.38. The third kappa shape index (κ3) is 7.35. The first-order valence-electron chi connectivity index (χ1n) is 12.2. The Morgan fingerprint density at radius 1 is 0.921 bits per heavy atom. The number of rotatable bonds is 6. The number of carboxylic acids is 1. The Balaban J connectivity index is 0.000000244. The summed E-state index contributed by atoms with van der Waals surface area (Å²) >= 11 is 0. The number of hydrogen-bond acceptors (Lipinski definition) is 6. The molecule has 4 rings (SSSR count). The quantitative estimate of drug-likeness (QED) is 0.256. The van der Waals surface area contributed by atoms with Gasteiger partial charge in [-0.1, -0.05) is 58.9 Å². The molecule has 1 heterocycles. The van der Waals surface area contributed by atoms with Gasteiger partial charge in [-0.25, -0.2) is 4.79 Å². The van der Waals surface area contributed by atoms with E-state index in [2.05, 4.69) is 44.8 Å². The first kappa shape index (κ1) is 28.2. The summed E-state index contributed by atoms with van der Waals surface area (Å²) in [6.45, 7) is 11.2. The van der Waals surface area contributed by atoms with Crippen LogP contribution in [0.1, 0.15) is 52.2 Å². The van der Waals surface area contributed by atoms with Crippen molar-refractivity contribution < 1.29 is 24.9 Å². The van der Waals surface area contributed by atoms with Crippen LogP contribution in [0.4, 0.5) is 0 Å². The Morgan fingerprint density at radius 3 is 2.08 bits per heavy atom. The van der Waals surface area contributed by atoms with Crippen LogP contribution in [0.3, 0.4) is 0 Å². The minimum Gasteiger partial charge on any atom is -0.506 e. The molecule has 0 radical (unpaired) electrons. The van der Waals surface area contributed by atoms with Gasteiger partial charge in [0.15, 0.2) is 11.5 Å². The van der Waals surface area contributed by atoms with Crippen molar-refractivity contribution in [2.75, 3.05) is 7.11 Å². The molecular formula is C30H35N3O5. The molecule has 0 atom stereocenters. The van der Waals surface area contributed by atoms with Gasteiger partial charge in [0.2, 0.25) is 0 Å². The Morgan fingerprint density at radius 2 is 1.53 bits per heavy atom. The molecule has 0 saturated carbocycles. The lowest BCUT2D eigenvalue weighted by Crippen LogP contribution is -2.25. The van der Waals surface area contributed by atoms with E-state index in [-0.39, 0.29) is 22.3 Å². The summed E-state index contributed by atoms with van der Waals surface area (Å²) in [5.41, 5.74) is 4.29. The van der Waals surface area contributed by atoms with Crippen LogP contribution in [0, 0.1) is 5.41 Å². The summed E-state index contributed by atoms with van der Waals surface area (Å²) in [6.07, 6.45) is 3.48. The molecule has 0 saturated heterocycles. The topological polar surface area (TPSA) is 118 Å². The van der Waals surface area contributed by atoms with Gasteiger partial charge in [0, 0.05) is 6.08 Å².